The Labute approximate surface area is 254 Å². The Bertz CT molecular complexity index is 1000. The lowest BCUT2D eigenvalue weighted by molar-refractivity contribution is -0.0125. The van der Waals surface area contributed by atoms with Crippen LogP contribution in [0.2, 0.25) is 0 Å². The number of nitrogens with one attached hydrogen (secondary N) is 2. The van der Waals surface area contributed by atoms with E-state index in [0.29, 0.717) is 90.7 Å². The van der Waals surface area contributed by atoms with Crippen LogP contribution in [0.1, 0.15) is 26.3 Å². The highest BCUT2D eigenvalue weighted by Crippen LogP contribution is 2.17. The van der Waals surface area contributed by atoms with Crippen molar-refractivity contribution in [3.63, 3.8) is 0 Å². The number of ether oxygens (including phenoxy) is 8. The predicted octanol–water partition coefficient (Wildman–Crippen LogP) is 4.42. The van der Waals surface area contributed by atoms with Crippen LogP contribution in [0.5, 0.6) is 5.75 Å². The smallest absolute Gasteiger partial charge is 0.412 e. The molecule has 0 saturated carbocycles. The average molecular weight is 607 g/mol. The molecule has 43 heavy (non-hydrogen) atoms. The molecule has 0 heterocycles. The van der Waals surface area contributed by atoms with Gasteiger partial charge in [0, 0.05) is 12.2 Å². The van der Waals surface area contributed by atoms with Gasteiger partial charge in [0.05, 0.1) is 66.1 Å². The fraction of sp³-hybridized carbons (Fsp3) is 0.548. The summed E-state index contributed by atoms with van der Waals surface area (Å²) in [5.74, 6) is 0.675. The van der Waals surface area contributed by atoms with Crippen LogP contribution in [-0.4, -0.2) is 97.0 Å². The van der Waals surface area contributed by atoms with Crippen LogP contribution in [0.3, 0.4) is 0 Å². The summed E-state index contributed by atoms with van der Waals surface area (Å²) in [7, 11) is 0. The fourth-order valence-electron chi connectivity index (χ4n) is 3.26. The molecular weight excluding hydrogens is 560 g/mol. The molecule has 2 aromatic rings. The summed E-state index contributed by atoms with van der Waals surface area (Å²) in [6.45, 7) is 10.9. The SMILES string of the molecule is CC(C)(C)OC(=O)Nc1ccc(OCCOCCOCCOCCOCCOCCNC(=O)OCc2ccccc2)cc1. The molecule has 0 unspecified atom stereocenters. The molecule has 0 fully saturated rings. The van der Waals surface area contributed by atoms with Crippen molar-refractivity contribution in [2.75, 3.05) is 84.5 Å². The Hall–Kier alpha value is -3.42. The van der Waals surface area contributed by atoms with Gasteiger partial charge in [0.25, 0.3) is 0 Å². The van der Waals surface area contributed by atoms with E-state index in [4.69, 9.17) is 37.9 Å². The second-order valence-corrected chi connectivity index (χ2v) is 10.1. The summed E-state index contributed by atoms with van der Waals surface area (Å²) in [5, 5.41) is 5.31. The van der Waals surface area contributed by atoms with Crippen molar-refractivity contribution in [2.24, 2.45) is 0 Å². The zero-order valence-corrected chi connectivity index (χ0v) is 25.5. The van der Waals surface area contributed by atoms with E-state index in [2.05, 4.69) is 10.6 Å². The molecule has 2 aromatic carbocycles. The summed E-state index contributed by atoms with van der Waals surface area (Å²) in [5.41, 5.74) is 1.01. The maximum atomic E-state index is 11.8. The highest BCUT2D eigenvalue weighted by atomic mass is 16.6. The number of amides is 2. The van der Waals surface area contributed by atoms with Crippen molar-refractivity contribution < 1.29 is 47.5 Å². The third-order valence-corrected chi connectivity index (χ3v) is 5.21. The van der Waals surface area contributed by atoms with Crippen LogP contribution in [-0.2, 0) is 39.8 Å². The van der Waals surface area contributed by atoms with E-state index < -0.39 is 17.8 Å². The summed E-state index contributed by atoms with van der Waals surface area (Å²) < 4.78 is 43.3. The number of anilines is 1. The topological polar surface area (TPSA) is 132 Å². The van der Waals surface area contributed by atoms with Crippen LogP contribution in [0.25, 0.3) is 0 Å². The van der Waals surface area contributed by atoms with E-state index in [0.717, 1.165) is 5.56 Å². The van der Waals surface area contributed by atoms with Crippen LogP contribution in [0.4, 0.5) is 15.3 Å². The quantitative estimate of drug-likeness (QED) is 0.186. The third kappa shape index (κ3) is 20.2. The molecule has 0 bridgehead atoms. The largest absolute Gasteiger partial charge is 0.491 e. The number of carbonyl (C=O) groups excluding carboxylic acids is 2. The minimum absolute atomic E-state index is 0.234. The van der Waals surface area contributed by atoms with Gasteiger partial charge in [-0.05, 0) is 50.6 Å². The van der Waals surface area contributed by atoms with Crippen molar-refractivity contribution in [1.82, 2.24) is 5.32 Å². The lowest BCUT2D eigenvalue weighted by atomic mass is 10.2. The number of carbonyl (C=O) groups is 2. The Morgan fingerprint density at radius 1 is 0.628 bits per heavy atom. The first-order valence-electron chi connectivity index (χ1n) is 14.4. The number of hydrogen-bond acceptors (Lipinski definition) is 10. The molecule has 240 valence electrons. The van der Waals surface area contributed by atoms with Gasteiger partial charge in [0.15, 0.2) is 0 Å². The normalized spacial score (nSPS) is 11.1. The molecule has 2 amide bonds. The van der Waals surface area contributed by atoms with Gasteiger partial charge in [0.2, 0.25) is 0 Å². The fourth-order valence-corrected chi connectivity index (χ4v) is 3.26. The second-order valence-electron chi connectivity index (χ2n) is 10.1. The van der Waals surface area contributed by atoms with Crippen molar-refractivity contribution in [2.45, 2.75) is 33.0 Å². The Balaban J connectivity index is 1.28. The molecule has 0 atom stereocenters. The molecule has 0 radical (unpaired) electrons. The second kappa shape index (κ2) is 22.2. The summed E-state index contributed by atoms with van der Waals surface area (Å²) in [6, 6.07) is 16.5. The van der Waals surface area contributed by atoms with Gasteiger partial charge in [0.1, 0.15) is 24.6 Å². The van der Waals surface area contributed by atoms with Crippen LogP contribution >= 0.6 is 0 Å². The van der Waals surface area contributed by atoms with Crippen LogP contribution in [0, 0.1) is 0 Å². The monoisotopic (exact) mass is 606 g/mol. The molecule has 0 saturated heterocycles. The highest BCUT2D eigenvalue weighted by molar-refractivity contribution is 5.84. The average Bonchev–Trinajstić information content (AvgIpc) is 2.97. The first-order chi connectivity index (χ1) is 20.8. The van der Waals surface area contributed by atoms with Gasteiger partial charge < -0.3 is 43.2 Å². The minimum atomic E-state index is -0.552. The maximum Gasteiger partial charge on any atom is 0.412 e. The zero-order valence-electron chi connectivity index (χ0n) is 25.5. The van der Waals surface area contributed by atoms with E-state index in [1.165, 1.54) is 0 Å². The van der Waals surface area contributed by atoms with Crippen molar-refractivity contribution >= 4 is 17.9 Å². The Morgan fingerprint density at radius 2 is 1.14 bits per heavy atom. The molecule has 0 aromatic heterocycles. The molecule has 2 N–H and O–H groups in total. The third-order valence-electron chi connectivity index (χ3n) is 5.21. The standard InChI is InChI=1S/C31H46N2O10/c1-31(2,3)43-30(35)33-27-9-11-28(12-10-27)41-24-23-40-22-21-39-20-19-38-18-17-37-16-15-36-14-13-32-29(34)42-25-26-7-5-4-6-8-26/h4-12H,13-25H2,1-3H3,(H,32,34)(H,33,35). The first-order valence-corrected chi connectivity index (χ1v) is 14.4. The van der Waals surface area contributed by atoms with E-state index >= 15 is 0 Å². The zero-order chi connectivity index (χ0) is 31.0. The lowest BCUT2D eigenvalue weighted by Gasteiger charge is -2.19. The first kappa shape index (κ1) is 35.8. The molecule has 12 nitrogen and oxygen atoms in total. The minimum Gasteiger partial charge on any atom is -0.491 e. The summed E-state index contributed by atoms with van der Waals surface area (Å²) in [4.78, 5) is 23.4. The van der Waals surface area contributed by atoms with Crippen molar-refractivity contribution in [1.29, 1.82) is 0 Å². The molecule has 2 rings (SSSR count). The van der Waals surface area contributed by atoms with Gasteiger partial charge in [-0.2, -0.15) is 0 Å². The molecule has 0 aliphatic rings. The van der Waals surface area contributed by atoms with E-state index in [-0.39, 0.29) is 6.61 Å². The van der Waals surface area contributed by atoms with Gasteiger partial charge in [-0.15, -0.1) is 0 Å². The van der Waals surface area contributed by atoms with Gasteiger partial charge in [-0.1, -0.05) is 30.3 Å². The van der Waals surface area contributed by atoms with Crippen LogP contribution in [0.15, 0.2) is 54.6 Å². The lowest BCUT2D eigenvalue weighted by Crippen LogP contribution is -2.28. The van der Waals surface area contributed by atoms with Crippen molar-refractivity contribution in [3.05, 3.63) is 60.2 Å². The number of benzene rings is 2. The van der Waals surface area contributed by atoms with E-state index in [1.54, 1.807) is 24.3 Å². The van der Waals surface area contributed by atoms with Gasteiger partial charge in [-0.3, -0.25) is 5.32 Å². The van der Waals surface area contributed by atoms with E-state index in [1.807, 2.05) is 51.1 Å². The Morgan fingerprint density at radius 3 is 1.67 bits per heavy atom. The maximum absolute atomic E-state index is 11.8. The molecule has 0 aliphatic carbocycles. The molecule has 0 aliphatic heterocycles. The molecule has 0 spiro atoms. The number of rotatable bonds is 22. The number of hydrogen-bond donors (Lipinski definition) is 2. The highest BCUT2D eigenvalue weighted by Gasteiger charge is 2.16. The van der Waals surface area contributed by atoms with Crippen molar-refractivity contribution in [3.8, 4) is 5.75 Å². The van der Waals surface area contributed by atoms with Gasteiger partial charge in [-0.25, -0.2) is 9.59 Å². The molecule has 12 heteroatoms. The van der Waals surface area contributed by atoms with Crippen LogP contribution < -0.4 is 15.4 Å². The summed E-state index contributed by atoms with van der Waals surface area (Å²) >= 11 is 0. The Kier molecular flexibility index (Phi) is 18.4. The predicted molar refractivity (Wildman–Crippen MR) is 161 cm³/mol. The summed E-state index contributed by atoms with van der Waals surface area (Å²) in [6.07, 6.45) is -0.975. The number of alkyl carbamates (subject to hydrolysis) is 1. The van der Waals surface area contributed by atoms with E-state index in [9.17, 15) is 9.59 Å². The van der Waals surface area contributed by atoms with Gasteiger partial charge >= 0.3 is 12.2 Å². The molecular formula is C31H46N2O10.